The van der Waals surface area contributed by atoms with Gasteiger partial charge in [-0.15, -0.1) is 0 Å². The molecule has 66 valence electrons. The van der Waals surface area contributed by atoms with Crippen LogP contribution in [0.4, 0.5) is 0 Å². The van der Waals surface area contributed by atoms with Crippen molar-refractivity contribution in [2.45, 2.75) is 39.5 Å². The van der Waals surface area contributed by atoms with Gasteiger partial charge in [0.25, 0.3) is 0 Å². The van der Waals surface area contributed by atoms with E-state index < -0.39 is 0 Å². The molecule has 0 unspecified atom stereocenters. The summed E-state index contributed by atoms with van der Waals surface area (Å²) < 4.78 is 0. The number of rotatable bonds is 4. The van der Waals surface area contributed by atoms with Crippen LogP contribution in [0.1, 0.15) is 39.5 Å². The second-order valence-electron chi connectivity index (χ2n) is 3.94. The zero-order valence-electron chi connectivity index (χ0n) is 8.10. The molecule has 0 aliphatic carbocycles. The molecule has 0 aromatic heterocycles. The molecule has 1 aliphatic rings. The Morgan fingerprint density at radius 3 is 1.73 bits per heavy atom. The molecule has 0 spiro atoms. The summed E-state index contributed by atoms with van der Waals surface area (Å²) in [4.78, 5) is 0. The Morgan fingerprint density at radius 2 is 1.36 bits per heavy atom. The van der Waals surface area contributed by atoms with Crippen molar-refractivity contribution >= 4 is 7.26 Å². The Labute approximate surface area is 72.1 Å². The Hall–Kier alpha value is 0.430. The molecule has 0 bridgehead atoms. The Bertz CT molecular complexity index is 95.4. The summed E-state index contributed by atoms with van der Waals surface area (Å²) in [6.45, 7) is 4.71. The van der Waals surface area contributed by atoms with Crippen LogP contribution in [0.3, 0.4) is 0 Å². The van der Waals surface area contributed by atoms with E-state index in [1.807, 2.05) is 0 Å². The molecule has 11 heavy (non-hydrogen) atoms. The van der Waals surface area contributed by atoms with Crippen molar-refractivity contribution in [3.05, 3.63) is 0 Å². The SMILES string of the molecule is CCC[P+]1(CCC)CCCC1. The van der Waals surface area contributed by atoms with E-state index in [1.165, 1.54) is 12.8 Å². The van der Waals surface area contributed by atoms with Crippen molar-refractivity contribution in [1.82, 2.24) is 0 Å². The van der Waals surface area contributed by atoms with Crippen molar-refractivity contribution in [1.29, 1.82) is 0 Å². The molecule has 1 fully saturated rings. The van der Waals surface area contributed by atoms with Gasteiger partial charge in [-0.1, -0.05) is 13.8 Å². The van der Waals surface area contributed by atoms with E-state index in [9.17, 15) is 0 Å². The third-order valence-electron chi connectivity index (χ3n) is 2.91. The average molecular weight is 173 g/mol. The highest BCUT2D eigenvalue weighted by atomic mass is 31.2. The third kappa shape index (κ3) is 2.44. The lowest BCUT2D eigenvalue weighted by Gasteiger charge is -2.20. The first kappa shape index (κ1) is 9.52. The minimum Gasteiger partial charge on any atom is -0.0619 e. The largest absolute Gasteiger partial charge is 0.0619 e. The fraction of sp³-hybridized carbons (Fsp3) is 1.00. The number of hydrogen-bond acceptors (Lipinski definition) is 0. The predicted molar refractivity (Wildman–Crippen MR) is 56.2 cm³/mol. The fourth-order valence-electron chi connectivity index (χ4n) is 2.51. The van der Waals surface area contributed by atoms with Crippen molar-refractivity contribution in [3.63, 3.8) is 0 Å². The first-order chi connectivity index (χ1) is 5.33. The van der Waals surface area contributed by atoms with E-state index in [4.69, 9.17) is 0 Å². The first-order valence-corrected chi connectivity index (χ1v) is 7.71. The normalized spacial score (nSPS) is 22.4. The Morgan fingerprint density at radius 1 is 0.909 bits per heavy atom. The summed E-state index contributed by atoms with van der Waals surface area (Å²) in [5.41, 5.74) is 0. The van der Waals surface area contributed by atoms with Crippen molar-refractivity contribution < 1.29 is 0 Å². The molecule has 0 nitrogen and oxygen atoms in total. The molecule has 0 atom stereocenters. The van der Waals surface area contributed by atoms with Crippen LogP contribution in [0.5, 0.6) is 0 Å². The maximum Gasteiger partial charge on any atom is 0.0595 e. The van der Waals surface area contributed by atoms with Gasteiger partial charge in [-0.05, 0) is 25.7 Å². The van der Waals surface area contributed by atoms with Gasteiger partial charge in [-0.25, -0.2) is 0 Å². The average Bonchev–Trinajstić information content (AvgIpc) is 2.39. The minimum absolute atomic E-state index is 0.347. The summed E-state index contributed by atoms with van der Waals surface area (Å²) >= 11 is 0. The van der Waals surface area contributed by atoms with E-state index in [2.05, 4.69) is 13.8 Å². The zero-order chi connectivity index (χ0) is 8.16. The second-order valence-corrected chi connectivity index (χ2v) is 8.42. The van der Waals surface area contributed by atoms with Crippen LogP contribution in [0.2, 0.25) is 0 Å². The van der Waals surface area contributed by atoms with Crippen LogP contribution in [0, 0.1) is 0 Å². The molecule has 0 N–H and O–H groups in total. The van der Waals surface area contributed by atoms with E-state index in [0.717, 1.165) is 0 Å². The van der Waals surface area contributed by atoms with Crippen LogP contribution >= 0.6 is 7.26 Å². The van der Waals surface area contributed by atoms with Gasteiger partial charge in [-0.2, -0.15) is 0 Å². The van der Waals surface area contributed by atoms with Gasteiger partial charge < -0.3 is 0 Å². The molecule has 0 saturated carbocycles. The molecule has 1 saturated heterocycles. The summed E-state index contributed by atoms with van der Waals surface area (Å²) in [7, 11) is -0.347. The molecule has 1 aliphatic heterocycles. The molecule has 0 amide bonds. The maximum atomic E-state index is 2.36. The molecule has 1 rings (SSSR count). The van der Waals surface area contributed by atoms with Gasteiger partial charge in [0, 0.05) is 7.26 Å². The molecule has 0 aromatic carbocycles. The van der Waals surface area contributed by atoms with E-state index in [0.29, 0.717) is 0 Å². The van der Waals surface area contributed by atoms with Crippen LogP contribution in [-0.2, 0) is 0 Å². The quantitative estimate of drug-likeness (QED) is 0.570. The first-order valence-electron chi connectivity index (χ1n) is 5.18. The molecule has 1 heterocycles. The molecular formula is C10H22P+. The zero-order valence-corrected chi connectivity index (χ0v) is 9.00. The molecule has 1 heteroatoms. The summed E-state index contributed by atoms with van der Waals surface area (Å²) in [6, 6.07) is 0. The summed E-state index contributed by atoms with van der Waals surface area (Å²) in [6.07, 6.45) is 12.4. The molecule has 0 aromatic rings. The molecule has 0 radical (unpaired) electrons. The van der Waals surface area contributed by atoms with Gasteiger partial charge in [0.2, 0.25) is 0 Å². The summed E-state index contributed by atoms with van der Waals surface area (Å²) in [5, 5.41) is 0. The highest BCUT2D eigenvalue weighted by Crippen LogP contribution is 2.64. The van der Waals surface area contributed by atoms with Crippen LogP contribution in [0.25, 0.3) is 0 Å². The highest BCUT2D eigenvalue weighted by Gasteiger charge is 2.38. The van der Waals surface area contributed by atoms with Gasteiger partial charge >= 0.3 is 0 Å². The van der Waals surface area contributed by atoms with Crippen LogP contribution < -0.4 is 0 Å². The lowest BCUT2D eigenvalue weighted by Crippen LogP contribution is -2.04. The molecular weight excluding hydrogens is 151 g/mol. The van der Waals surface area contributed by atoms with Gasteiger partial charge in [0.1, 0.15) is 0 Å². The standard InChI is InChI=1S/C10H22P/c1-3-7-11(8-4-2)9-5-6-10-11/h3-10H2,1-2H3/q+1. The monoisotopic (exact) mass is 173 g/mol. The summed E-state index contributed by atoms with van der Waals surface area (Å²) in [5.74, 6) is 0. The van der Waals surface area contributed by atoms with Crippen molar-refractivity contribution in [3.8, 4) is 0 Å². The predicted octanol–water partition coefficient (Wildman–Crippen LogP) is 3.62. The van der Waals surface area contributed by atoms with Crippen LogP contribution in [0.15, 0.2) is 0 Å². The van der Waals surface area contributed by atoms with Gasteiger partial charge in [-0.3, -0.25) is 0 Å². The van der Waals surface area contributed by atoms with E-state index in [-0.39, 0.29) is 7.26 Å². The van der Waals surface area contributed by atoms with Crippen LogP contribution in [-0.4, -0.2) is 24.6 Å². The lowest BCUT2D eigenvalue weighted by atomic mass is 10.4. The highest BCUT2D eigenvalue weighted by molar-refractivity contribution is 7.76. The minimum atomic E-state index is -0.347. The van der Waals surface area contributed by atoms with Gasteiger partial charge in [0.05, 0.1) is 24.6 Å². The second kappa shape index (κ2) is 4.45. The third-order valence-corrected chi connectivity index (χ3v) is 8.23. The lowest BCUT2D eigenvalue weighted by molar-refractivity contribution is 0.949. The van der Waals surface area contributed by atoms with E-state index >= 15 is 0 Å². The van der Waals surface area contributed by atoms with E-state index in [1.54, 1.807) is 37.5 Å². The maximum absolute atomic E-state index is 2.36. The number of hydrogen-bond donors (Lipinski definition) is 0. The fourth-order valence-corrected chi connectivity index (χ4v) is 7.54. The smallest absolute Gasteiger partial charge is 0.0595 e. The van der Waals surface area contributed by atoms with Crippen molar-refractivity contribution in [2.75, 3.05) is 24.6 Å². The van der Waals surface area contributed by atoms with Crippen molar-refractivity contribution in [2.24, 2.45) is 0 Å². The topological polar surface area (TPSA) is 0 Å². The Balaban J connectivity index is 2.40. The van der Waals surface area contributed by atoms with Gasteiger partial charge in [0.15, 0.2) is 0 Å². The Kier molecular flexibility index (Phi) is 3.85.